The molecule has 0 aromatic carbocycles. The van der Waals surface area contributed by atoms with E-state index in [1.54, 1.807) is 20.0 Å². The fourth-order valence-electron chi connectivity index (χ4n) is 4.89. The van der Waals surface area contributed by atoms with Crippen LogP contribution >= 0.6 is 36.8 Å². The Morgan fingerprint density at radius 2 is 0.558 bits per heavy atom. The van der Waals surface area contributed by atoms with Gasteiger partial charge in [-0.1, -0.05) is 131 Å². The largest absolute Gasteiger partial charge is 2.00 e. The van der Waals surface area contributed by atoms with Gasteiger partial charge in [-0.3, -0.25) is 13.7 Å². The molecule has 0 amide bonds. The van der Waals surface area contributed by atoms with Gasteiger partial charge in [0.05, 0.1) is 0 Å². The predicted octanol–water partition coefficient (Wildman–Crippen LogP) is 12.2. The zero-order chi connectivity index (χ0) is 39.9. The average molecular weight is 908 g/mol. The van der Waals surface area contributed by atoms with E-state index in [4.69, 9.17) is 10.7 Å². The van der Waals surface area contributed by atoms with Crippen LogP contribution in [-0.2, 0) is 53.0 Å². The molecule has 0 radical (unpaired) electrons. The van der Waals surface area contributed by atoms with E-state index in [1.165, 1.54) is 13.3 Å². The van der Waals surface area contributed by atoms with Gasteiger partial charge in [-0.15, -0.1) is 0 Å². The van der Waals surface area contributed by atoms with Gasteiger partial charge in [-0.05, 0) is 57.8 Å². The Labute approximate surface area is 340 Å². The summed E-state index contributed by atoms with van der Waals surface area (Å²) in [6, 6.07) is 0. The first kappa shape index (κ1) is 60.8. The van der Waals surface area contributed by atoms with Crippen molar-refractivity contribution in [1.82, 2.24) is 0 Å². The van der Waals surface area contributed by atoms with Gasteiger partial charge in [0, 0.05) is 53.2 Å². The summed E-state index contributed by atoms with van der Waals surface area (Å²) in [6.07, 6.45) is 22.5. The zero-order valence-electron chi connectivity index (χ0n) is 35.3. The second kappa shape index (κ2) is 36.2. The molecule has 52 heavy (non-hydrogen) atoms. The summed E-state index contributed by atoms with van der Waals surface area (Å²) in [6.45, 7) is 18.0. The molecule has 5 atom stereocenters. The van der Waals surface area contributed by atoms with Crippen LogP contribution in [0.2, 0.25) is 0 Å². The number of unbranched alkanes of at least 4 members (excludes halogenated alkanes) is 15. The van der Waals surface area contributed by atoms with Crippen LogP contribution in [0.1, 0.15) is 163 Å². The molecule has 0 N–H and O–H groups in total. The average Bonchev–Trinajstić information content (AvgIpc) is 2.99. The smallest absolute Gasteiger partial charge is 0.799 e. The van der Waals surface area contributed by atoms with E-state index >= 15 is 0 Å². The minimum atomic E-state index is -3.07. The monoisotopic (exact) mass is 906 g/mol. The number of rotatable bonds is 31. The van der Waals surface area contributed by atoms with Crippen LogP contribution in [-0.4, -0.2) is 79.3 Å². The molecule has 0 rings (SSSR count). The maximum absolute atomic E-state index is 13.0. The van der Waals surface area contributed by atoms with Crippen molar-refractivity contribution < 1.29 is 62.8 Å². The van der Waals surface area contributed by atoms with Crippen LogP contribution in [0.4, 0.5) is 0 Å². The van der Waals surface area contributed by atoms with Crippen molar-refractivity contribution in [3.8, 4) is 0 Å². The summed E-state index contributed by atoms with van der Waals surface area (Å²) in [5, 5.41) is 0. The molecule has 0 aromatic rings. The maximum atomic E-state index is 13.0. The minimum Gasteiger partial charge on any atom is -0.799 e. The molecule has 0 saturated carbocycles. The summed E-state index contributed by atoms with van der Waals surface area (Å²) in [7, 11) is -14.8. The van der Waals surface area contributed by atoms with E-state index in [2.05, 4.69) is 34.6 Å². The van der Waals surface area contributed by atoms with Gasteiger partial charge in [-0.2, -0.15) is 0 Å². The molecule has 17 heteroatoms. The molecular formula is C35H80AlO10P5Zn. The molecule has 0 aromatic heterocycles. The third-order valence-corrected chi connectivity index (χ3v) is 21.1. The summed E-state index contributed by atoms with van der Waals surface area (Å²) in [5.74, 6) is 0. The van der Waals surface area contributed by atoms with Crippen molar-refractivity contribution in [2.45, 2.75) is 163 Å². The number of hydrogen-bond acceptors (Lipinski definition) is 10. The normalized spacial score (nSPS) is 16.9. The van der Waals surface area contributed by atoms with Crippen LogP contribution in [0, 0.1) is 0 Å². The van der Waals surface area contributed by atoms with Gasteiger partial charge in [0.15, 0.2) is 22.1 Å². The second-order valence-corrected chi connectivity index (χ2v) is 30.1. The molecule has 0 heterocycles. The Morgan fingerprint density at radius 1 is 0.365 bits per heavy atom. The number of hydrogen-bond donors (Lipinski definition) is 0. The molecule has 0 fully saturated rings. The summed E-state index contributed by atoms with van der Waals surface area (Å²) >= 11 is -3.07. The van der Waals surface area contributed by atoms with E-state index in [0.717, 1.165) is 128 Å². The van der Waals surface area contributed by atoms with Crippen LogP contribution in [0.3, 0.4) is 0 Å². The van der Waals surface area contributed by atoms with Crippen LogP contribution in [0.25, 0.3) is 0 Å². The predicted molar refractivity (Wildman–Crippen MR) is 222 cm³/mol. The quantitative estimate of drug-likeness (QED) is 0.0372. The third kappa shape index (κ3) is 50.1. The van der Waals surface area contributed by atoms with E-state index in [1.807, 2.05) is 0 Å². The Balaban J connectivity index is -0.000000446. The molecule has 10 nitrogen and oxygen atoms in total. The molecule has 5 unspecified atom stereocenters. The zero-order valence-corrected chi connectivity index (χ0v) is 43.9. The molecular weight excluding hydrogens is 828 g/mol. The van der Waals surface area contributed by atoms with Gasteiger partial charge in [-0.25, -0.2) is 0 Å². The maximum Gasteiger partial charge on any atom is 2.00 e. The van der Waals surface area contributed by atoms with Crippen LogP contribution < -0.4 is 9.79 Å². The van der Waals surface area contributed by atoms with Crippen molar-refractivity contribution in [1.29, 1.82) is 0 Å². The molecule has 0 saturated heterocycles. The fourth-order valence-corrected chi connectivity index (χ4v) is 16.0. The Kier molecular flexibility index (Phi) is 42.3. The van der Waals surface area contributed by atoms with Gasteiger partial charge in [0.25, 0.3) is 0 Å². The van der Waals surface area contributed by atoms with Crippen LogP contribution in [0.5, 0.6) is 0 Å². The van der Waals surface area contributed by atoms with Gasteiger partial charge >= 0.3 is 34.6 Å². The van der Waals surface area contributed by atoms with E-state index in [9.17, 15) is 32.6 Å². The molecule has 0 aliphatic heterocycles. The molecule has 0 bridgehead atoms. The molecule has 0 spiro atoms. The summed E-state index contributed by atoms with van der Waals surface area (Å²) in [5.41, 5.74) is 0. The van der Waals surface area contributed by atoms with E-state index in [0.29, 0.717) is 30.8 Å². The second-order valence-electron chi connectivity index (χ2n) is 14.6. The first-order valence-corrected chi connectivity index (χ1v) is 32.6. The Hall–Kier alpha value is 2.11. The van der Waals surface area contributed by atoms with Crippen molar-refractivity contribution in [2.24, 2.45) is 0 Å². The van der Waals surface area contributed by atoms with Gasteiger partial charge in [0.2, 0.25) is 0 Å². The Morgan fingerprint density at radius 3 is 0.731 bits per heavy atom. The van der Waals surface area contributed by atoms with Crippen molar-refractivity contribution in [3.63, 3.8) is 0 Å². The van der Waals surface area contributed by atoms with E-state index in [-0.39, 0.29) is 19.5 Å². The van der Waals surface area contributed by atoms with Gasteiger partial charge in [0.1, 0.15) is 0 Å². The van der Waals surface area contributed by atoms with Crippen molar-refractivity contribution >= 4 is 52.0 Å². The molecule has 310 valence electrons. The first-order chi connectivity index (χ1) is 23.6. The fraction of sp³-hybridized carbons (Fsp3) is 1.00. The Bertz CT molecular complexity index is 946. The SMILES string of the molecule is CCCCCCP(C)(=O)[O-].CCCCCCP(C)(=O)[O-].CCCCCCP(C)(=O)[O][Al]([O]P(C)(=O)CCCCCC)[O]P(C)(=O)CCCCCC.[Zn+2]. The van der Waals surface area contributed by atoms with Gasteiger partial charge < -0.3 is 29.6 Å². The molecule has 0 aliphatic rings. The molecule has 0 aliphatic carbocycles. The van der Waals surface area contributed by atoms with E-state index < -0.39 is 52.0 Å². The summed E-state index contributed by atoms with van der Waals surface area (Å²) < 4.78 is 77.9. The summed E-state index contributed by atoms with van der Waals surface area (Å²) in [4.78, 5) is 21.2. The standard InChI is InChI=1S/5C7H17O2P.Al.Zn/c5*1-3-4-5-6-7-10(2,8)9;;/h5*3-7H2,1-2H3,(H,8,9);;/q;;;;;+3;+2/p-5. The minimum absolute atomic E-state index is 0. The van der Waals surface area contributed by atoms with Crippen molar-refractivity contribution in [3.05, 3.63) is 0 Å². The van der Waals surface area contributed by atoms with Crippen molar-refractivity contribution in [2.75, 3.05) is 64.1 Å². The topological polar surface area (TPSA) is 159 Å². The van der Waals surface area contributed by atoms with Crippen LogP contribution in [0.15, 0.2) is 0 Å². The first-order valence-electron chi connectivity index (χ1n) is 19.9. The third-order valence-electron chi connectivity index (χ3n) is 8.02.